The molecule has 2 atom stereocenters. The van der Waals surface area contributed by atoms with Gasteiger partial charge in [0.2, 0.25) is 11.8 Å². The average molecular weight is 1380 g/mol. The number of nitrogens with zero attached hydrogens (tertiary/aromatic N) is 7. The molecule has 0 saturated carbocycles. The van der Waals surface area contributed by atoms with E-state index in [9.17, 15) is 54.7 Å². The maximum Gasteiger partial charge on any atom is 0.416 e. The van der Waals surface area contributed by atoms with Crippen LogP contribution in [-0.4, -0.2) is 176 Å². The zero-order valence-electron chi connectivity index (χ0n) is 56.8. The molecule has 0 unspecified atom stereocenters. The van der Waals surface area contributed by atoms with Crippen molar-refractivity contribution in [2.24, 2.45) is 0 Å². The largest absolute Gasteiger partial charge is 0.462 e. The number of halogens is 7. The van der Waals surface area contributed by atoms with Crippen LogP contribution in [0, 0.1) is 12.7 Å². The molecule has 15 nitrogen and oxygen atoms in total. The number of carbonyl (C=O) groups is 5. The number of amides is 4. The Hall–Kier alpha value is -7.57. The fourth-order valence-corrected chi connectivity index (χ4v) is 14.6. The molecule has 5 aromatic carbocycles. The van der Waals surface area contributed by atoms with Crippen LogP contribution in [0.5, 0.6) is 0 Å². The van der Waals surface area contributed by atoms with E-state index in [0.717, 1.165) is 115 Å². The minimum absolute atomic E-state index is 0.0147. The highest BCUT2D eigenvalue weighted by Crippen LogP contribution is 2.48. The number of likely N-dealkylation sites (N-methyl/N-ethyl adjacent to an activating group) is 2. The Kier molecular flexibility index (Phi) is 25.5. The number of piperidine rings is 2. The summed E-state index contributed by atoms with van der Waals surface area (Å²) in [6.07, 6.45) is -0.656. The number of rotatable bonds is 25. The fourth-order valence-electron chi connectivity index (χ4n) is 13.5. The van der Waals surface area contributed by atoms with E-state index < -0.39 is 53.1 Å². The lowest BCUT2D eigenvalue weighted by molar-refractivity contribution is -0.150. The zero-order chi connectivity index (χ0) is 70.4. The maximum atomic E-state index is 14.0. The van der Waals surface area contributed by atoms with Crippen LogP contribution in [0.15, 0.2) is 121 Å². The van der Waals surface area contributed by atoms with Crippen LogP contribution in [0.25, 0.3) is 11.1 Å². The van der Waals surface area contributed by atoms with Crippen molar-refractivity contribution in [1.82, 2.24) is 34.4 Å². The molecule has 0 radical (unpaired) electrons. The SMILES string of the molecule is CCN(C)C(=O)CO[C@H]1Cc2ccccc2C12CCN(CC[C@@]1(c3ccc(F)cc3)CN(C(=O)c3cc(C(F)(F)F)cc(C(F)(F)F)c3)CO1)CC2.CCN(C)C(=O)c1sc(CCCCCCC(=O)N(C)CCN2CCC(OC(=O)Cc3ccccc3-c3ccccc3)CC2)nc1C. The van der Waals surface area contributed by atoms with E-state index in [0.29, 0.717) is 76.2 Å². The Morgan fingerprint density at radius 2 is 1.35 bits per heavy atom. The van der Waals surface area contributed by atoms with Gasteiger partial charge in [-0.15, -0.1) is 11.3 Å². The molecule has 4 aliphatic rings. The molecule has 3 saturated heterocycles. The van der Waals surface area contributed by atoms with Gasteiger partial charge < -0.3 is 43.6 Å². The topological polar surface area (TPSA) is 145 Å². The lowest BCUT2D eigenvalue weighted by atomic mass is 9.72. The van der Waals surface area contributed by atoms with E-state index in [1.807, 2.05) is 88.3 Å². The second kappa shape index (κ2) is 33.5. The molecular weight excluding hydrogens is 1290 g/mol. The molecule has 0 bridgehead atoms. The highest BCUT2D eigenvalue weighted by atomic mass is 32.1. The molecule has 98 heavy (non-hydrogen) atoms. The van der Waals surface area contributed by atoms with Crippen LogP contribution in [-0.2, 0) is 71.2 Å². The molecule has 4 heterocycles. The second-order valence-electron chi connectivity index (χ2n) is 26.2. The van der Waals surface area contributed by atoms with Crippen molar-refractivity contribution in [2.75, 3.05) is 99.9 Å². The van der Waals surface area contributed by atoms with Crippen molar-refractivity contribution in [3.8, 4) is 11.1 Å². The van der Waals surface area contributed by atoms with E-state index in [2.05, 4.69) is 45.1 Å². The molecule has 1 aromatic heterocycles. The van der Waals surface area contributed by atoms with Crippen molar-refractivity contribution >= 4 is 40.9 Å². The Morgan fingerprint density at radius 3 is 2.02 bits per heavy atom. The molecule has 1 spiro atoms. The van der Waals surface area contributed by atoms with Crippen molar-refractivity contribution in [3.05, 3.63) is 182 Å². The number of aromatic nitrogens is 1. The van der Waals surface area contributed by atoms with Gasteiger partial charge in [-0.05, 0) is 155 Å². The van der Waals surface area contributed by atoms with E-state index in [1.165, 1.54) is 46.7 Å². The standard InChI is InChI=1S/C38H40F7N3O4.C37H50N4O4S/c1-3-46(2)33(49)22-51-32-20-25-6-4-5-7-31(25)35(32)12-15-47(16-13-35)17-14-36(27-8-10-30(39)11-9-27)23-48(24-52-36)34(50)26-18-28(37(40,41)42)21-29(19-26)38(43,44)45;1-5-39(3)37(44)36-28(2)38-33(46-36)19-11-6-7-12-20-34(42)40(4)25-26-41-23-21-31(22-24-41)45-35(43)27-30-17-13-14-18-32(30)29-15-9-8-10-16-29/h4-11,18-19,21,32H,3,12-17,20,22-24H2,1-2H3;8-10,13-18,31H,5-7,11-12,19-27H2,1-4H3/t32-,36-;/m0./s1. The lowest BCUT2D eigenvalue weighted by Gasteiger charge is -2.44. The van der Waals surface area contributed by atoms with E-state index in [-0.39, 0.29) is 67.0 Å². The van der Waals surface area contributed by atoms with Gasteiger partial charge in [-0.1, -0.05) is 104 Å². The smallest absolute Gasteiger partial charge is 0.416 e. The summed E-state index contributed by atoms with van der Waals surface area (Å²) < 4.78 is 114. The molecule has 3 aliphatic heterocycles. The van der Waals surface area contributed by atoms with Crippen LogP contribution in [0.3, 0.4) is 0 Å². The van der Waals surface area contributed by atoms with E-state index in [1.54, 1.807) is 16.8 Å². The number of hydrogen-bond acceptors (Lipinski definition) is 12. The summed E-state index contributed by atoms with van der Waals surface area (Å²) in [4.78, 5) is 80.3. The second-order valence-corrected chi connectivity index (χ2v) is 27.3. The number of thiazole rings is 1. The average Bonchev–Trinajstić information content (AvgIpc) is 1.58. The number of benzene rings is 5. The monoisotopic (exact) mass is 1380 g/mol. The van der Waals surface area contributed by atoms with Gasteiger partial charge in [0.1, 0.15) is 35.7 Å². The highest BCUT2D eigenvalue weighted by Gasteiger charge is 2.50. The van der Waals surface area contributed by atoms with Crippen LogP contribution >= 0.6 is 11.3 Å². The number of aryl methyl sites for hydroxylation is 2. The highest BCUT2D eigenvalue weighted by molar-refractivity contribution is 7.13. The summed E-state index contributed by atoms with van der Waals surface area (Å²) in [5.74, 6) is -1.57. The number of unbranched alkanes of at least 4 members (excludes halogenated alkanes) is 3. The third kappa shape index (κ3) is 19.0. The van der Waals surface area contributed by atoms with Crippen LogP contribution in [0.2, 0.25) is 0 Å². The quantitative estimate of drug-likeness (QED) is 0.0307. The first-order valence-electron chi connectivity index (χ1n) is 34.0. The van der Waals surface area contributed by atoms with Crippen LogP contribution in [0.4, 0.5) is 30.7 Å². The van der Waals surface area contributed by atoms with Gasteiger partial charge in [-0.2, -0.15) is 26.3 Å². The first kappa shape index (κ1) is 74.6. The molecule has 10 rings (SSSR count). The van der Waals surface area contributed by atoms with Crippen molar-refractivity contribution in [2.45, 2.75) is 140 Å². The number of esters is 1. The molecule has 6 aromatic rings. The third-order valence-electron chi connectivity index (χ3n) is 19.7. The summed E-state index contributed by atoms with van der Waals surface area (Å²) in [6, 6.07) is 32.7. The molecule has 1 aliphatic carbocycles. The van der Waals surface area contributed by atoms with Crippen molar-refractivity contribution < 1.29 is 68.9 Å². The number of hydrogen-bond donors (Lipinski definition) is 0. The van der Waals surface area contributed by atoms with Crippen LogP contribution < -0.4 is 0 Å². The Morgan fingerprint density at radius 1 is 0.714 bits per heavy atom. The molecule has 528 valence electrons. The van der Waals surface area contributed by atoms with Gasteiger partial charge in [0.15, 0.2) is 0 Å². The normalized spacial score (nSPS) is 18.1. The van der Waals surface area contributed by atoms with Crippen LogP contribution in [0.1, 0.15) is 142 Å². The minimum atomic E-state index is -5.11. The Labute approximate surface area is 574 Å². The first-order chi connectivity index (χ1) is 46.8. The van der Waals surface area contributed by atoms with Gasteiger partial charge >= 0.3 is 18.3 Å². The van der Waals surface area contributed by atoms with Crippen molar-refractivity contribution in [1.29, 1.82) is 0 Å². The number of carbonyl (C=O) groups excluding carboxylic acids is 5. The van der Waals surface area contributed by atoms with Gasteiger partial charge in [0, 0.05) is 84.4 Å². The zero-order valence-corrected chi connectivity index (χ0v) is 57.6. The molecule has 0 N–H and O–H groups in total. The first-order valence-corrected chi connectivity index (χ1v) is 34.8. The lowest BCUT2D eigenvalue weighted by Crippen LogP contribution is -2.49. The van der Waals surface area contributed by atoms with E-state index in [4.69, 9.17) is 14.2 Å². The van der Waals surface area contributed by atoms with Gasteiger partial charge in [-0.3, -0.25) is 24.0 Å². The van der Waals surface area contributed by atoms with Gasteiger partial charge in [0.25, 0.3) is 11.8 Å². The van der Waals surface area contributed by atoms with E-state index >= 15 is 0 Å². The Balaban J connectivity index is 0.000000231. The minimum Gasteiger partial charge on any atom is -0.462 e. The summed E-state index contributed by atoms with van der Waals surface area (Å²) >= 11 is 1.51. The molecule has 4 amide bonds. The predicted octanol–water partition coefficient (Wildman–Crippen LogP) is 13.4. The maximum absolute atomic E-state index is 14.0. The molecule has 23 heteroatoms. The number of ether oxygens (including phenoxy) is 3. The van der Waals surface area contributed by atoms with Gasteiger partial charge in [-0.25, -0.2) is 9.37 Å². The summed E-state index contributed by atoms with van der Waals surface area (Å²) in [7, 11) is 5.45. The summed E-state index contributed by atoms with van der Waals surface area (Å²) in [5, 5.41) is 1.02. The number of fused-ring (bicyclic) bond motifs is 2. The predicted molar refractivity (Wildman–Crippen MR) is 362 cm³/mol. The Bertz CT molecular complexity index is 3640. The number of likely N-dealkylation sites (tertiary alicyclic amines) is 2. The summed E-state index contributed by atoms with van der Waals surface area (Å²) in [5.41, 5.74) is 1.48. The number of alkyl halides is 6. The van der Waals surface area contributed by atoms with Gasteiger partial charge in [0.05, 0.1) is 40.9 Å². The third-order valence-corrected chi connectivity index (χ3v) is 20.9. The molecule has 3 fully saturated rings. The molecular formula is C75H90F7N7O8S. The summed E-state index contributed by atoms with van der Waals surface area (Å²) in [6.45, 7) is 11.5. The van der Waals surface area contributed by atoms with Crippen molar-refractivity contribution in [3.63, 3.8) is 0 Å². The fraction of sp³-hybridized carbons (Fsp3) is 0.493.